The van der Waals surface area contributed by atoms with Crippen molar-refractivity contribution in [3.05, 3.63) is 41.9 Å². The zero-order chi connectivity index (χ0) is 24.8. The first-order chi connectivity index (χ1) is 16.2. The van der Waals surface area contributed by atoms with Gasteiger partial charge in [0.2, 0.25) is 5.91 Å². The maximum absolute atomic E-state index is 14.3. The van der Waals surface area contributed by atoms with Gasteiger partial charge in [-0.05, 0) is 45.7 Å². The van der Waals surface area contributed by atoms with Gasteiger partial charge in [0.05, 0.1) is 46.5 Å². The van der Waals surface area contributed by atoms with E-state index in [4.69, 9.17) is 16.3 Å². The molecule has 6 atom stereocenters. The molecule has 3 aliphatic heterocycles. The van der Waals surface area contributed by atoms with Crippen LogP contribution >= 0.6 is 23.4 Å². The van der Waals surface area contributed by atoms with E-state index in [1.54, 1.807) is 60.9 Å². The normalized spacial score (nSPS) is 32.4. The first-order valence-corrected chi connectivity index (χ1v) is 12.8. The summed E-state index contributed by atoms with van der Waals surface area (Å²) >= 11 is 8.02. The summed E-state index contributed by atoms with van der Waals surface area (Å²) in [7, 11) is 0. The van der Waals surface area contributed by atoms with E-state index in [0.29, 0.717) is 23.6 Å². The van der Waals surface area contributed by atoms with E-state index in [-0.39, 0.29) is 31.6 Å². The number of aliphatic hydroxyl groups excluding tert-OH is 1. The molecule has 4 rings (SSSR count). The number of aliphatic hydroxyl groups is 1. The van der Waals surface area contributed by atoms with Gasteiger partial charge in [-0.2, -0.15) is 0 Å². The van der Waals surface area contributed by atoms with Crippen LogP contribution in [0.25, 0.3) is 0 Å². The Labute approximate surface area is 209 Å². The van der Waals surface area contributed by atoms with Crippen molar-refractivity contribution in [3.63, 3.8) is 0 Å². The molecule has 1 spiro atoms. The second kappa shape index (κ2) is 9.21. The molecule has 184 valence electrons. The van der Waals surface area contributed by atoms with E-state index in [1.165, 1.54) is 4.90 Å². The fraction of sp³-hybridized carbons (Fsp3) is 0.560. The van der Waals surface area contributed by atoms with Crippen LogP contribution in [-0.4, -0.2) is 69.1 Å². The molecule has 1 N–H and O–H groups in total. The van der Waals surface area contributed by atoms with E-state index < -0.39 is 39.4 Å². The lowest BCUT2D eigenvalue weighted by molar-refractivity contribution is -0.155. The van der Waals surface area contributed by atoms with Gasteiger partial charge in [0.25, 0.3) is 5.91 Å². The standard InChI is InChI=1S/C25H31ClN2O5S/c1-5-13-27(17-10-8-7-9-16(17)26)22(31)20-25-12-11-24(4,34-25)19(23(32)33-6-2)18(25)21(30)28(20)15(3)14-29/h5,7-10,15,18-20,29H,1,6,11-14H2,2-4H3/t15-,18+,19+,20?,24-,25?/m1/s1. The summed E-state index contributed by atoms with van der Waals surface area (Å²) in [6.45, 7) is 9.41. The van der Waals surface area contributed by atoms with Crippen LogP contribution in [0.2, 0.25) is 5.02 Å². The smallest absolute Gasteiger partial charge is 0.311 e. The maximum atomic E-state index is 14.3. The Bertz CT molecular complexity index is 1020. The van der Waals surface area contributed by atoms with Crippen molar-refractivity contribution in [3.8, 4) is 0 Å². The number of likely N-dealkylation sites (tertiary alicyclic amines) is 1. The molecule has 0 radical (unpaired) electrons. The Kier molecular flexibility index (Phi) is 6.79. The zero-order valence-corrected chi connectivity index (χ0v) is 21.3. The van der Waals surface area contributed by atoms with E-state index >= 15 is 0 Å². The van der Waals surface area contributed by atoms with Gasteiger partial charge >= 0.3 is 5.97 Å². The Morgan fingerprint density at radius 2 is 2.12 bits per heavy atom. The average molecular weight is 507 g/mol. The van der Waals surface area contributed by atoms with Gasteiger partial charge in [0.1, 0.15) is 6.04 Å². The van der Waals surface area contributed by atoms with Gasteiger partial charge in [0.15, 0.2) is 0 Å². The number of hydrogen-bond donors (Lipinski definition) is 1. The zero-order valence-electron chi connectivity index (χ0n) is 19.7. The molecule has 1 aromatic rings. The highest BCUT2D eigenvalue weighted by Crippen LogP contribution is 2.71. The molecule has 3 heterocycles. The van der Waals surface area contributed by atoms with Crippen LogP contribution in [-0.2, 0) is 19.1 Å². The highest BCUT2D eigenvalue weighted by Gasteiger charge is 2.78. The molecule has 0 aliphatic carbocycles. The minimum absolute atomic E-state index is 0.207. The van der Waals surface area contributed by atoms with Crippen molar-refractivity contribution >= 4 is 46.8 Å². The minimum atomic E-state index is -0.852. The second-order valence-electron chi connectivity index (χ2n) is 9.45. The van der Waals surface area contributed by atoms with Crippen LogP contribution in [0.5, 0.6) is 0 Å². The van der Waals surface area contributed by atoms with Crippen LogP contribution in [0.15, 0.2) is 36.9 Å². The van der Waals surface area contributed by atoms with Gasteiger partial charge in [-0.25, -0.2) is 0 Å². The Balaban J connectivity index is 1.84. The van der Waals surface area contributed by atoms with E-state index in [9.17, 15) is 19.5 Å². The number of amides is 2. The summed E-state index contributed by atoms with van der Waals surface area (Å²) in [4.78, 5) is 44.3. The predicted molar refractivity (Wildman–Crippen MR) is 133 cm³/mol. The third-order valence-electron chi connectivity index (χ3n) is 7.45. The van der Waals surface area contributed by atoms with Crippen molar-refractivity contribution < 1.29 is 24.2 Å². The van der Waals surface area contributed by atoms with Gasteiger partial charge in [-0.1, -0.05) is 29.8 Å². The number of carbonyl (C=O) groups is 3. The minimum Gasteiger partial charge on any atom is -0.466 e. The van der Waals surface area contributed by atoms with Gasteiger partial charge < -0.3 is 19.6 Å². The van der Waals surface area contributed by atoms with Gasteiger partial charge in [-0.15, -0.1) is 18.3 Å². The van der Waals surface area contributed by atoms with Crippen molar-refractivity contribution in [1.29, 1.82) is 0 Å². The van der Waals surface area contributed by atoms with Crippen molar-refractivity contribution in [2.45, 2.75) is 55.2 Å². The summed E-state index contributed by atoms with van der Waals surface area (Å²) in [6, 6.07) is 5.62. The van der Waals surface area contributed by atoms with Crippen LogP contribution in [0.3, 0.4) is 0 Å². The van der Waals surface area contributed by atoms with E-state index in [1.807, 2.05) is 6.92 Å². The summed E-state index contributed by atoms with van der Waals surface area (Å²) in [6.07, 6.45) is 2.94. The number of para-hydroxylation sites is 1. The van der Waals surface area contributed by atoms with Crippen molar-refractivity contribution in [2.24, 2.45) is 11.8 Å². The van der Waals surface area contributed by atoms with Crippen LogP contribution in [0.1, 0.15) is 33.6 Å². The number of ether oxygens (including phenoxy) is 1. The summed E-state index contributed by atoms with van der Waals surface area (Å²) in [5.41, 5.74) is 0.531. The molecule has 0 aromatic heterocycles. The first kappa shape index (κ1) is 25.1. The molecule has 0 saturated carbocycles. The molecule has 2 bridgehead atoms. The third kappa shape index (κ3) is 3.57. The Morgan fingerprint density at radius 1 is 1.41 bits per heavy atom. The first-order valence-electron chi connectivity index (χ1n) is 11.6. The summed E-state index contributed by atoms with van der Waals surface area (Å²) in [5.74, 6) is -2.28. The number of thioether (sulfide) groups is 1. The lowest BCUT2D eigenvalue weighted by Crippen LogP contribution is -2.57. The fourth-order valence-corrected chi connectivity index (χ4v) is 8.61. The Morgan fingerprint density at radius 3 is 2.74 bits per heavy atom. The highest BCUT2D eigenvalue weighted by atomic mass is 35.5. The quantitative estimate of drug-likeness (QED) is 0.430. The van der Waals surface area contributed by atoms with Crippen LogP contribution in [0.4, 0.5) is 5.69 Å². The van der Waals surface area contributed by atoms with Crippen molar-refractivity contribution in [1.82, 2.24) is 4.90 Å². The third-order valence-corrected chi connectivity index (χ3v) is 9.75. The lowest BCUT2D eigenvalue weighted by atomic mass is 9.66. The molecule has 34 heavy (non-hydrogen) atoms. The SMILES string of the molecule is C=CCN(C(=O)C1N([C@H](C)CO)C(=O)[C@@H]2[C@@H](C(=O)OCC)[C@@]3(C)CCC12S3)c1ccccc1Cl. The van der Waals surface area contributed by atoms with Crippen LogP contribution in [0, 0.1) is 11.8 Å². The molecule has 2 amide bonds. The van der Waals surface area contributed by atoms with Gasteiger partial charge in [-0.3, -0.25) is 14.4 Å². The number of anilines is 1. The number of rotatable bonds is 8. The largest absolute Gasteiger partial charge is 0.466 e. The van der Waals surface area contributed by atoms with Crippen molar-refractivity contribution in [2.75, 3.05) is 24.7 Å². The predicted octanol–water partition coefficient (Wildman–Crippen LogP) is 3.28. The fourth-order valence-electron chi connectivity index (χ4n) is 6.05. The molecule has 3 saturated heterocycles. The number of benzene rings is 1. The molecule has 3 aliphatic rings. The number of hydrogen-bond acceptors (Lipinski definition) is 6. The molecule has 3 fully saturated rings. The number of fused-ring (bicyclic) bond motifs is 1. The molecule has 9 heteroatoms. The Hall–Kier alpha value is -2.03. The molecule has 7 nitrogen and oxygen atoms in total. The topological polar surface area (TPSA) is 87.2 Å². The summed E-state index contributed by atoms with van der Waals surface area (Å²) < 4.78 is 4.11. The van der Waals surface area contributed by atoms with Gasteiger partial charge in [0, 0.05) is 11.3 Å². The number of nitrogens with zero attached hydrogens (tertiary/aromatic N) is 2. The number of esters is 1. The average Bonchev–Trinajstić information content (AvgIpc) is 3.38. The van der Waals surface area contributed by atoms with E-state index in [2.05, 4.69) is 6.58 Å². The lowest BCUT2D eigenvalue weighted by Gasteiger charge is -2.39. The molecule has 2 unspecified atom stereocenters. The van der Waals surface area contributed by atoms with Crippen LogP contribution < -0.4 is 4.90 Å². The second-order valence-corrected chi connectivity index (χ2v) is 11.7. The maximum Gasteiger partial charge on any atom is 0.311 e. The number of carbonyl (C=O) groups excluding carboxylic acids is 3. The van der Waals surface area contributed by atoms with E-state index in [0.717, 1.165) is 0 Å². The molecule has 1 aromatic carbocycles. The molecular weight excluding hydrogens is 476 g/mol. The summed E-state index contributed by atoms with van der Waals surface area (Å²) in [5, 5.41) is 10.4. The molecular formula is C25H31ClN2O5S. The monoisotopic (exact) mass is 506 g/mol. The number of halogens is 1. The highest BCUT2D eigenvalue weighted by molar-refractivity contribution is 8.02.